The molecule has 0 bridgehead atoms. The molecule has 6 heteroatoms. The lowest BCUT2D eigenvalue weighted by Crippen LogP contribution is -2.43. The van der Waals surface area contributed by atoms with Crippen molar-refractivity contribution in [2.45, 2.75) is 30.7 Å². The van der Waals surface area contributed by atoms with Crippen LogP contribution in [0.2, 0.25) is 0 Å². The van der Waals surface area contributed by atoms with E-state index in [4.69, 9.17) is 9.84 Å². The molecule has 1 aromatic rings. The van der Waals surface area contributed by atoms with Gasteiger partial charge in [-0.3, -0.25) is 0 Å². The van der Waals surface area contributed by atoms with Crippen molar-refractivity contribution in [1.82, 2.24) is 4.72 Å². The average molecular weight is 309 g/mol. The first-order valence-electron chi connectivity index (χ1n) is 6.76. The Balaban J connectivity index is 2.30. The lowest BCUT2D eigenvalue weighted by Gasteiger charge is -2.33. The Morgan fingerprint density at radius 3 is 2.71 bits per heavy atom. The van der Waals surface area contributed by atoms with E-state index in [1.54, 1.807) is 12.1 Å². The van der Waals surface area contributed by atoms with E-state index in [0.29, 0.717) is 11.5 Å². The molecule has 0 unspecified atom stereocenters. The predicted molar refractivity (Wildman–Crippen MR) is 79.5 cm³/mol. The molecule has 0 amide bonds. The van der Waals surface area contributed by atoms with Crippen molar-refractivity contribution in [1.29, 1.82) is 0 Å². The van der Waals surface area contributed by atoms with Crippen LogP contribution in [0, 0.1) is 17.8 Å². The van der Waals surface area contributed by atoms with Gasteiger partial charge in [-0.2, -0.15) is 0 Å². The number of ether oxygens (including phenoxy) is 1. The van der Waals surface area contributed by atoms with Gasteiger partial charge in [0.05, 0.1) is 7.11 Å². The zero-order chi connectivity index (χ0) is 15.5. The Morgan fingerprint density at radius 1 is 1.43 bits per heavy atom. The molecule has 0 aliphatic heterocycles. The molecule has 21 heavy (non-hydrogen) atoms. The van der Waals surface area contributed by atoms with Gasteiger partial charge in [0.25, 0.3) is 0 Å². The first-order chi connectivity index (χ1) is 9.96. The number of hydrogen-bond acceptors (Lipinski definition) is 4. The van der Waals surface area contributed by atoms with Crippen LogP contribution in [0.15, 0.2) is 23.1 Å². The highest BCUT2D eigenvalue weighted by Gasteiger charge is 2.31. The van der Waals surface area contributed by atoms with Gasteiger partial charge in [0.1, 0.15) is 17.3 Å². The smallest absolute Gasteiger partial charge is 0.244 e. The van der Waals surface area contributed by atoms with Crippen molar-refractivity contribution >= 4 is 10.0 Å². The topological polar surface area (TPSA) is 75.6 Å². The van der Waals surface area contributed by atoms with Gasteiger partial charge < -0.3 is 9.84 Å². The largest absolute Gasteiger partial charge is 0.495 e. The molecular formula is C15H19NO4S. The number of sulfonamides is 1. The van der Waals surface area contributed by atoms with Crippen LogP contribution in [0.5, 0.6) is 5.75 Å². The van der Waals surface area contributed by atoms with Crippen molar-refractivity contribution in [2.24, 2.45) is 5.92 Å². The van der Waals surface area contributed by atoms with E-state index < -0.39 is 10.0 Å². The minimum Gasteiger partial charge on any atom is -0.495 e. The van der Waals surface area contributed by atoms with E-state index in [1.807, 2.05) is 0 Å². The molecule has 114 valence electrons. The maximum Gasteiger partial charge on any atom is 0.244 e. The second kappa shape index (κ2) is 6.48. The van der Waals surface area contributed by atoms with Gasteiger partial charge in [-0.1, -0.05) is 18.8 Å². The SMILES string of the molecule is COc1ccc(C#CCO)cc1S(=O)(=O)NC1CC(C)C1. The molecule has 0 atom stereocenters. The number of hydrogen-bond donors (Lipinski definition) is 2. The summed E-state index contributed by atoms with van der Waals surface area (Å²) in [5.74, 6) is 6.04. The van der Waals surface area contributed by atoms with Crippen LogP contribution in [0.4, 0.5) is 0 Å². The van der Waals surface area contributed by atoms with Crippen molar-refractivity contribution in [3.63, 3.8) is 0 Å². The molecule has 1 saturated carbocycles. The van der Waals surface area contributed by atoms with Crippen LogP contribution in [0.25, 0.3) is 0 Å². The molecular weight excluding hydrogens is 290 g/mol. The summed E-state index contributed by atoms with van der Waals surface area (Å²) in [5, 5.41) is 8.71. The van der Waals surface area contributed by atoms with Crippen molar-refractivity contribution in [2.75, 3.05) is 13.7 Å². The number of methoxy groups -OCH3 is 1. The fraction of sp³-hybridized carbons (Fsp3) is 0.467. The molecule has 0 aromatic heterocycles. The van der Waals surface area contributed by atoms with E-state index in [-0.39, 0.29) is 23.3 Å². The molecule has 1 aliphatic carbocycles. The summed E-state index contributed by atoms with van der Waals surface area (Å²) in [6.45, 7) is 1.82. The molecule has 0 heterocycles. The number of nitrogens with one attached hydrogen (secondary N) is 1. The normalized spacial score (nSPS) is 21.1. The molecule has 0 spiro atoms. The third-order valence-corrected chi connectivity index (χ3v) is 5.00. The molecule has 1 aromatic carbocycles. The Bertz CT molecular complexity index is 667. The van der Waals surface area contributed by atoms with Crippen molar-refractivity contribution in [3.05, 3.63) is 23.8 Å². The summed E-state index contributed by atoms with van der Waals surface area (Å²) >= 11 is 0. The summed E-state index contributed by atoms with van der Waals surface area (Å²) in [5.41, 5.74) is 0.521. The van der Waals surface area contributed by atoms with Gasteiger partial charge in [-0.15, -0.1) is 0 Å². The first-order valence-corrected chi connectivity index (χ1v) is 8.24. The van der Waals surface area contributed by atoms with Gasteiger partial charge in [0, 0.05) is 11.6 Å². The standard InChI is InChI=1S/C15H19NO4S/c1-11-8-13(9-11)16-21(18,19)15-10-12(4-3-7-17)5-6-14(15)20-2/h5-6,10-11,13,16-17H,7-9H2,1-2H3. The summed E-state index contributed by atoms with van der Waals surface area (Å²) in [4.78, 5) is 0.0780. The monoisotopic (exact) mass is 309 g/mol. The van der Waals surface area contributed by atoms with Crippen molar-refractivity contribution in [3.8, 4) is 17.6 Å². The summed E-state index contributed by atoms with van der Waals surface area (Å²) < 4.78 is 32.7. The van der Waals surface area contributed by atoms with Gasteiger partial charge in [-0.05, 0) is 37.0 Å². The molecule has 2 rings (SSSR count). The number of aliphatic hydroxyl groups excluding tert-OH is 1. The minimum atomic E-state index is -3.64. The van der Waals surface area contributed by atoms with Crippen LogP contribution in [0.1, 0.15) is 25.3 Å². The third kappa shape index (κ3) is 3.76. The van der Waals surface area contributed by atoms with Crippen LogP contribution in [0.3, 0.4) is 0 Å². The Labute approximate surface area is 125 Å². The van der Waals surface area contributed by atoms with Gasteiger partial charge in [-0.25, -0.2) is 13.1 Å². The van der Waals surface area contributed by atoms with E-state index >= 15 is 0 Å². The number of rotatable bonds is 4. The Hall–Kier alpha value is -1.55. The van der Waals surface area contributed by atoms with E-state index in [2.05, 4.69) is 23.5 Å². The zero-order valence-corrected chi connectivity index (χ0v) is 12.9. The molecule has 0 radical (unpaired) electrons. The van der Waals surface area contributed by atoms with E-state index in [0.717, 1.165) is 12.8 Å². The van der Waals surface area contributed by atoms with Gasteiger partial charge in [0.15, 0.2) is 0 Å². The van der Waals surface area contributed by atoms with Crippen LogP contribution in [-0.4, -0.2) is 33.3 Å². The molecule has 5 nitrogen and oxygen atoms in total. The maximum absolute atomic E-state index is 12.5. The third-order valence-electron chi connectivity index (χ3n) is 3.46. The highest BCUT2D eigenvalue weighted by molar-refractivity contribution is 7.89. The second-order valence-corrected chi connectivity index (χ2v) is 6.90. The highest BCUT2D eigenvalue weighted by Crippen LogP contribution is 2.30. The summed E-state index contributed by atoms with van der Waals surface area (Å²) in [6.07, 6.45) is 1.71. The second-order valence-electron chi connectivity index (χ2n) is 5.22. The van der Waals surface area contributed by atoms with Crippen LogP contribution in [-0.2, 0) is 10.0 Å². The average Bonchev–Trinajstić information content (AvgIpc) is 2.43. The van der Waals surface area contributed by atoms with E-state index in [9.17, 15) is 8.42 Å². The molecule has 1 aliphatic rings. The Morgan fingerprint density at radius 2 is 2.14 bits per heavy atom. The van der Waals surface area contributed by atoms with Gasteiger partial charge in [0.2, 0.25) is 10.0 Å². The summed E-state index contributed by atoms with van der Waals surface area (Å²) in [6, 6.07) is 4.68. The Kier molecular flexibility index (Phi) is 4.88. The quantitative estimate of drug-likeness (QED) is 0.817. The lowest BCUT2D eigenvalue weighted by molar-refractivity contribution is 0.270. The van der Waals surface area contributed by atoms with Crippen molar-refractivity contribution < 1.29 is 18.3 Å². The predicted octanol–water partition coefficient (Wildman–Crippen LogP) is 1.12. The zero-order valence-electron chi connectivity index (χ0n) is 12.1. The maximum atomic E-state index is 12.5. The van der Waals surface area contributed by atoms with Crippen LogP contribution < -0.4 is 9.46 Å². The molecule has 0 saturated heterocycles. The first kappa shape index (κ1) is 15.8. The van der Waals surface area contributed by atoms with E-state index in [1.165, 1.54) is 13.2 Å². The molecule has 2 N–H and O–H groups in total. The fourth-order valence-corrected chi connectivity index (χ4v) is 3.84. The fourth-order valence-electron chi connectivity index (χ4n) is 2.39. The number of aliphatic hydroxyl groups is 1. The number of benzene rings is 1. The lowest BCUT2D eigenvalue weighted by atomic mass is 9.83. The van der Waals surface area contributed by atoms with Gasteiger partial charge >= 0.3 is 0 Å². The summed E-state index contributed by atoms with van der Waals surface area (Å²) in [7, 11) is -2.21. The van der Waals surface area contributed by atoms with Crippen LogP contribution >= 0.6 is 0 Å². The molecule has 1 fully saturated rings. The highest BCUT2D eigenvalue weighted by atomic mass is 32.2. The minimum absolute atomic E-state index is 0.0121.